The van der Waals surface area contributed by atoms with E-state index in [0.717, 1.165) is 30.5 Å². The Hall–Kier alpha value is -2.34. The predicted molar refractivity (Wildman–Crippen MR) is 83.4 cm³/mol. The maximum Gasteiger partial charge on any atom is 0.123 e. The number of hydrogen-bond donors (Lipinski definition) is 1. The minimum absolute atomic E-state index is 0.151. The number of hydrogen-bond acceptors (Lipinski definition) is 2. The molecule has 1 N–H and O–H groups in total. The Bertz CT molecular complexity index is 597. The topological polar surface area (TPSA) is 35.8 Å². The van der Waals surface area contributed by atoms with Crippen molar-refractivity contribution in [2.24, 2.45) is 0 Å². The summed E-state index contributed by atoms with van der Waals surface area (Å²) in [5.74, 6) is -0.216. The van der Waals surface area contributed by atoms with Crippen LogP contribution < -0.4 is 5.32 Å². The minimum Gasteiger partial charge on any atom is -0.378 e. The lowest BCUT2D eigenvalue weighted by atomic mass is 10.0. The van der Waals surface area contributed by atoms with Gasteiger partial charge in [0.2, 0.25) is 0 Å². The molecule has 0 spiro atoms. The molecule has 0 radical (unpaired) electrons. The van der Waals surface area contributed by atoms with Crippen molar-refractivity contribution in [2.45, 2.75) is 32.2 Å². The molecule has 2 aromatic rings. The Kier molecular flexibility index (Phi) is 5.34. The quantitative estimate of drug-likeness (QED) is 0.805. The van der Waals surface area contributed by atoms with Gasteiger partial charge in [-0.1, -0.05) is 31.9 Å². The van der Waals surface area contributed by atoms with Crippen molar-refractivity contribution in [3.8, 4) is 6.07 Å². The van der Waals surface area contributed by atoms with Crippen LogP contribution >= 0.6 is 0 Å². The van der Waals surface area contributed by atoms with Gasteiger partial charge in [0.15, 0.2) is 0 Å². The maximum atomic E-state index is 13.1. The highest BCUT2D eigenvalue weighted by Gasteiger charge is 2.11. The smallest absolute Gasteiger partial charge is 0.123 e. The summed E-state index contributed by atoms with van der Waals surface area (Å²) in [6.45, 7) is 2.16. The van der Waals surface area contributed by atoms with E-state index in [1.165, 1.54) is 12.1 Å². The summed E-state index contributed by atoms with van der Waals surface area (Å²) in [5, 5.41) is 12.3. The number of anilines is 1. The highest BCUT2D eigenvalue weighted by molar-refractivity contribution is 5.49. The molecule has 1 atom stereocenters. The average molecular weight is 282 g/mol. The van der Waals surface area contributed by atoms with E-state index in [-0.39, 0.29) is 11.9 Å². The van der Waals surface area contributed by atoms with Crippen molar-refractivity contribution in [2.75, 3.05) is 5.32 Å². The first-order valence-corrected chi connectivity index (χ1v) is 7.25. The molecule has 0 saturated heterocycles. The summed E-state index contributed by atoms with van der Waals surface area (Å²) >= 11 is 0. The second-order valence-corrected chi connectivity index (χ2v) is 5.08. The second-order valence-electron chi connectivity index (χ2n) is 5.08. The van der Waals surface area contributed by atoms with Crippen molar-refractivity contribution in [1.29, 1.82) is 5.26 Å². The summed E-state index contributed by atoms with van der Waals surface area (Å²) in [5.41, 5.74) is 2.70. The molecule has 0 amide bonds. The predicted octanol–water partition coefficient (Wildman–Crippen LogP) is 5.04. The molecule has 0 aromatic heterocycles. The molecule has 1 unspecified atom stereocenters. The molecule has 21 heavy (non-hydrogen) atoms. The van der Waals surface area contributed by atoms with Gasteiger partial charge in [-0.3, -0.25) is 0 Å². The van der Waals surface area contributed by atoms with Crippen molar-refractivity contribution in [3.05, 3.63) is 65.5 Å². The number of nitrogens with zero attached hydrogens (tertiary/aromatic N) is 1. The van der Waals surface area contributed by atoms with E-state index in [1.807, 2.05) is 24.3 Å². The second kappa shape index (κ2) is 7.44. The van der Waals surface area contributed by atoms with Crippen molar-refractivity contribution >= 4 is 5.69 Å². The first kappa shape index (κ1) is 15.1. The Morgan fingerprint density at radius 1 is 1.10 bits per heavy atom. The first-order valence-electron chi connectivity index (χ1n) is 7.25. The van der Waals surface area contributed by atoms with Crippen LogP contribution in [0.25, 0.3) is 0 Å². The molecule has 0 aliphatic heterocycles. The normalized spacial score (nSPS) is 11.7. The molecular weight excluding hydrogens is 263 g/mol. The van der Waals surface area contributed by atoms with Gasteiger partial charge in [-0.05, 0) is 48.4 Å². The van der Waals surface area contributed by atoms with E-state index >= 15 is 0 Å². The molecule has 0 bridgehead atoms. The lowest BCUT2D eigenvalue weighted by Crippen LogP contribution is -2.10. The molecule has 0 saturated carbocycles. The largest absolute Gasteiger partial charge is 0.378 e. The van der Waals surface area contributed by atoms with E-state index in [0.29, 0.717) is 5.56 Å². The summed E-state index contributed by atoms with van der Waals surface area (Å²) in [7, 11) is 0. The highest BCUT2D eigenvalue weighted by atomic mass is 19.1. The van der Waals surface area contributed by atoms with Crippen molar-refractivity contribution < 1.29 is 4.39 Å². The van der Waals surface area contributed by atoms with E-state index in [2.05, 4.69) is 18.3 Å². The first-order chi connectivity index (χ1) is 10.2. The van der Waals surface area contributed by atoms with Crippen LogP contribution in [0.5, 0.6) is 0 Å². The maximum absolute atomic E-state index is 13.1. The van der Waals surface area contributed by atoms with Crippen LogP contribution in [0.4, 0.5) is 10.1 Å². The number of benzene rings is 2. The van der Waals surface area contributed by atoms with Crippen LogP contribution in [0.2, 0.25) is 0 Å². The fraction of sp³-hybridized carbons (Fsp3) is 0.278. The summed E-state index contributed by atoms with van der Waals surface area (Å²) in [6.07, 6.45) is 3.21. The molecule has 2 nitrogen and oxygen atoms in total. The molecule has 0 heterocycles. The van der Waals surface area contributed by atoms with Gasteiger partial charge in [-0.2, -0.15) is 5.26 Å². The molecule has 2 rings (SSSR count). The van der Waals surface area contributed by atoms with E-state index in [4.69, 9.17) is 5.26 Å². The third-order valence-electron chi connectivity index (χ3n) is 3.47. The van der Waals surface area contributed by atoms with Gasteiger partial charge in [0.05, 0.1) is 17.7 Å². The molecule has 108 valence electrons. The highest BCUT2D eigenvalue weighted by Crippen LogP contribution is 2.25. The fourth-order valence-electron chi connectivity index (χ4n) is 2.27. The van der Waals surface area contributed by atoms with Gasteiger partial charge in [0.1, 0.15) is 5.82 Å². The molecule has 2 aromatic carbocycles. The van der Waals surface area contributed by atoms with Crippen LogP contribution in [0.15, 0.2) is 48.5 Å². The van der Waals surface area contributed by atoms with Crippen molar-refractivity contribution in [1.82, 2.24) is 0 Å². The Labute approximate surface area is 125 Å². The van der Waals surface area contributed by atoms with Gasteiger partial charge in [-0.25, -0.2) is 4.39 Å². The number of nitriles is 1. The number of nitrogens with one attached hydrogen (secondary N) is 1. The number of halogens is 1. The van der Waals surface area contributed by atoms with E-state index in [1.54, 1.807) is 12.1 Å². The van der Waals surface area contributed by atoms with Crippen molar-refractivity contribution in [3.63, 3.8) is 0 Å². The van der Waals surface area contributed by atoms with Crippen LogP contribution in [-0.2, 0) is 0 Å². The fourth-order valence-corrected chi connectivity index (χ4v) is 2.27. The lowest BCUT2D eigenvalue weighted by Gasteiger charge is -2.20. The third-order valence-corrected chi connectivity index (χ3v) is 3.47. The zero-order valence-electron chi connectivity index (χ0n) is 12.1. The summed E-state index contributed by atoms with van der Waals surface area (Å²) < 4.78 is 13.1. The SMILES string of the molecule is CCCCC(Nc1ccc(C#N)cc1)c1ccc(F)cc1. The lowest BCUT2D eigenvalue weighted by molar-refractivity contribution is 0.616. The van der Waals surface area contributed by atoms with Gasteiger partial charge < -0.3 is 5.32 Å². The Morgan fingerprint density at radius 3 is 2.33 bits per heavy atom. The molecule has 3 heteroatoms. The monoisotopic (exact) mass is 282 g/mol. The number of rotatable bonds is 6. The van der Waals surface area contributed by atoms with Gasteiger partial charge in [0.25, 0.3) is 0 Å². The number of unbranched alkanes of at least 4 members (excludes halogenated alkanes) is 1. The standard InChI is InChI=1S/C18H19FN2/c1-2-3-4-18(15-7-9-16(19)10-8-15)21-17-11-5-14(13-20)6-12-17/h5-12,18,21H,2-4H2,1H3. The van der Waals surface area contributed by atoms with Gasteiger partial charge >= 0.3 is 0 Å². The molecular formula is C18H19FN2. The van der Waals surface area contributed by atoms with Crippen LogP contribution in [0.3, 0.4) is 0 Å². The van der Waals surface area contributed by atoms with Crippen LogP contribution in [0, 0.1) is 17.1 Å². The molecule has 0 fully saturated rings. The van der Waals surface area contributed by atoms with Crippen LogP contribution in [-0.4, -0.2) is 0 Å². The summed E-state index contributed by atoms with van der Waals surface area (Å²) in [4.78, 5) is 0. The molecule has 0 aliphatic rings. The Morgan fingerprint density at radius 2 is 1.76 bits per heavy atom. The third kappa shape index (κ3) is 4.32. The zero-order chi connectivity index (χ0) is 15.1. The Balaban J connectivity index is 2.15. The van der Waals surface area contributed by atoms with E-state index < -0.39 is 0 Å². The average Bonchev–Trinajstić information content (AvgIpc) is 2.53. The summed E-state index contributed by atoms with van der Waals surface area (Å²) in [6, 6.07) is 16.3. The van der Waals surface area contributed by atoms with Gasteiger partial charge in [-0.15, -0.1) is 0 Å². The van der Waals surface area contributed by atoms with Gasteiger partial charge in [0, 0.05) is 5.69 Å². The van der Waals surface area contributed by atoms with E-state index in [9.17, 15) is 4.39 Å². The molecule has 0 aliphatic carbocycles. The zero-order valence-corrected chi connectivity index (χ0v) is 12.1. The minimum atomic E-state index is -0.216. The van der Waals surface area contributed by atoms with Crippen LogP contribution in [0.1, 0.15) is 43.4 Å².